The maximum Gasteiger partial charge on any atom is 0.257 e. The van der Waals surface area contributed by atoms with Crippen LogP contribution in [0.5, 0.6) is 0 Å². The molecule has 3 heterocycles. The summed E-state index contributed by atoms with van der Waals surface area (Å²) in [5.74, 6) is -0.511. The first-order chi connectivity index (χ1) is 13.0. The number of aryl methyl sites for hydroxylation is 1. The van der Waals surface area contributed by atoms with E-state index in [-0.39, 0.29) is 17.7 Å². The Morgan fingerprint density at radius 1 is 1.15 bits per heavy atom. The Bertz CT molecular complexity index is 1000. The molecule has 1 fully saturated rings. The quantitative estimate of drug-likeness (QED) is 0.770. The molecule has 0 radical (unpaired) electrons. The minimum Gasteiger partial charge on any atom is -0.369 e. The summed E-state index contributed by atoms with van der Waals surface area (Å²) in [6.45, 7) is 2.93. The van der Waals surface area contributed by atoms with Gasteiger partial charge in [-0.1, -0.05) is 30.3 Å². The van der Waals surface area contributed by atoms with Crippen LogP contribution in [-0.2, 0) is 4.79 Å². The Kier molecular flexibility index (Phi) is 4.35. The molecule has 1 aliphatic rings. The van der Waals surface area contributed by atoms with Gasteiger partial charge in [0.2, 0.25) is 5.91 Å². The number of rotatable bonds is 3. The number of nitrogens with zero attached hydrogens (tertiary/aromatic N) is 4. The standard InChI is InChI=1S/C20H21N5O2/c1-13-16(20(27)24-9-7-15(8-10-24)19(21)26)12-22-18-11-17(23-25(13)18)14-5-3-2-4-6-14/h2-6,11-12,15H,7-10H2,1H3,(H2,21,26). The van der Waals surface area contributed by atoms with Crippen molar-refractivity contribution in [1.29, 1.82) is 0 Å². The lowest BCUT2D eigenvalue weighted by Crippen LogP contribution is -2.42. The number of carbonyl (C=O) groups is 2. The van der Waals surface area contributed by atoms with Crippen molar-refractivity contribution in [3.8, 4) is 11.3 Å². The molecule has 7 heteroatoms. The van der Waals surface area contributed by atoms with E-state index in [1.165, 1.54) is 0 Å². The number of likely N-dealkylation sites (tertiary alicyclic amines) is 1. The molecule has 0 aliphatic carbocycles. The van der Waals surface area contributed by atoms with Crippen LogP contribution >= 0.6 is 0 Å². The Balaban J connectivity index is 1.62. The molecule has 27 heavy (non-hydrogen) atoms. The third-order valence-corrected chi connectivity index (χ3v) is 5.21. The predicted molar refractivity (Wildman–Crippen MR) is 101 cm³/mol. The Hall–Kier alpha value is -3.22. The van der Waals surface area contributed by atoms with Crippen LogP contribution in [0.3, 0.4) is 0 Å². The first-order valence-corrected chi connectivity index (χ1v) is 9.04. The first kappa shape index (κ1) is 17.2. The molecule has 0 unspecified atom stereocenters. The minimum atomic E-state index is -0.286. The SMILES string of the molecule is Cc1c(C(=O)N2CCC(C(N)=O)CC2)cnc2cc(-c3ccccc3)nn12. The lowest BCUT2D eigenvalue weighted by Gasteiger charge is -2.30. The van der Waals surface area contributed by atoms with Gasteiger partial charge in [0.05, 0.1) is 17.0 Å². The largest absolute Gasteiger partial charge is 0.369 e. The zero-order chi connectivity index (χ0) is 19.0. The molecule has 3 aromatic rings. The van der Waals surface area contributed by atoms with Crippen LogP contribution in [0.2, 0.25) is 0 Å². The van der Waals surface area contributed by atoms with Crippen molar-refractivity contribution < 1.29 is 9.59 Å². The molecule has 1 saturated heterocycles. The minimum absolute atomic E-state index is 0.0819. The summed E-state index contributed by atoms with van der Waals surface area (Å²) in [5, 5.41) is 4.63. The van der Waals surface area contributed by atoms with Crippen molar-refractivity contribution in [2.24, 2.45) is 11.7 Å². The number of fused-ring (bicyclic) bond motifs is 1. The summed E-state index contributed by atoms with van der Waals surface area (Å²) in [4.78, 5) is 30.5. The molecule has 2 amide bonds. The highest BCUT2D eigenvalue weighted by Gasteiger charge is 2.28. The number of nitrogens with two attached hydrogens (primary N) is 1. The molecular weight excluding hydrogens is 342 g/mol. The molecule has 4 rings (SSSR count). The fourth-order valence-corrected chi connectivity index (χ4v) is 3.55. The predicted octanol–water partition coefficient (Wildman–Crippen LogP) is 2.04. The summed E-state index contributed by atoms with van der Waals surface area (Å²) in [7, 11) is 0. The highest BCUT2D eigenvalue weighted by Crippen LogP contribution is 2.22. The fraction of sp³-hybridized carbons (Fsp3) is 0.300. The normalized spacial score (nSPS) is 15.2. The molecule has 0 spiro atoms. The fourth-order valence-electron chi connectivity index (χ4n) is 3.55. The van der Waals surface area contributed by atoms with Gasteiger partial charge in [-0.05, 0) is 19.8 Å². The smallest absolute Gasteiger partial charge is 0.257 e. The number of hydrogen-bond acceptors (Lipinski definition) is 4. The third-order valence-electron chi connectivity index (χ3n) is 5.21. The van der Waals surface area contributed by atoms with Gasteiger partial charge in [-0.15, -0.1) is 0 Å². The van der Waals surface area contributed by atoms with E-state index in [1.807, 2.05) is 43.3 Å². The van der Waals surface area contributed by atoms with E-state index in [0.29, 0.717) is 37.1 Å². The van der Waals surface area contributed by atoms with Crippen LogP contribution in [0, 0.1) is 12.8 Å². The van der Waals surface area contributed by atoms with E-state index in [2.05, 4.69) is 10.1 Å². The zero-order valence-corrected chi connectivity index (χ0v) is 15.1. The second kappa shape index (κ2) is 6.83. The van der Waals surface area contributed by atoms with Gasteiger partial charge in [-0.25, -0.2) is 9.50 Å². The average molecular weight is 363 g/mol. The van der Waals surface area contributed by atoms with E-state index in [0.717, 1.165) is 17.0 Å². The van der Waals surface area contributed by atoms with Crippen molar-refractivity contribution in [3.63, 3.8) is 0 Å². The number of amides is 2. The molecule has 1 aliphatic heterocycles. The van der Waals surface area contributed by atoms with Crippen molar-refractivity contribution in [2.75, 3.05) is 13.1 Å². The van der Waals surface area contributed by atoms with E-state index < -0.39 is 0 Å². The summed E-state index contributed by atoms with van der Waals surface area (Å²) in [5.41, 5.74) is 9.18. The maximum absolute atomic E-state index is 12.9. The van der Waals surface area contributed by atoms with Gasteiger partial charge in [-0.3, -0.25) is 9.59 Å². The number of carbonyl (C=O) groups excluding carboxylic acids is 2. The van der Waals surface area contributed by atoms with Crippen molar-refractivity contribution in [2.45, 2.75) is 19.8 Å². The molecular formula is C20H21N5O2. The van der Waals surface area contributed by atoms with E-state index in [1.54, 1.807) is 15.6 Å². The molecule has 0 atom stereocenters. The average Bonchev–Trinajstić information content (AvgIpc) is 3.14. The first-order valence-electron chi connectivity index (χ1n) is 9.04. The summed E-state index contributed by atoms with van der Waals surface area (Å²) in [6.07, 6.45) is 2.83. The number of primary amides is 1. The second-order valence-corrected chi connectivity index (χ2v) is 6.89. The van der Waals surface area contributed by atoms with Crippen LogP contribution < -0.4 is 5.73 Å². The Morgan fingerprint density at radius 3 is 2.52 bits per heavy atom. The Labute approximate surface area is 156 Å². The summed E-state index contributed by atoms with van der Waals surface area (Å²) in [6, 6.07) is 11.8. The van der Waals surface area contributed by atoms with Gasteiger partial charge in [0.15, 0.2) is 5.65 Å². The molecule has 2 aromatic heterocycles. The summed E-state index contributed by atoms with van der Waals surface area (Å²) < 4.78 is 1.71. The molecule has 0 saturated carbocycles. The van der Waals surface area contributed by atoms with Crippen LogP contribution in [0.15, 0.2) is 42.6 Å². The van der Waals surface area contributed by atoms with Crippen LogP contribution in [0.25, 0.3) is 16.9 Å². The van der Waals surface area contributed by atoms with Crippen molar-refractivity contribution >= 4 is 17.5 Å². The molecule has 0 bridgehead atoms. The van der Waals surface area contributed by atoms with Crippen LogP contribution in [0.1, 0.15) is 28.9 Å². The topological polar surface area (TPSA) is 93.6 Å². The number of hydrogen-bond donors (Lipinski definition) is 1. The lowest BCUT2D eigenvalue weighted by atomic mass is 9.96. The highest BCUT2D eigenvalue weighted by molar-refractivity contribution is 5.95. The van der Waals surface area contributed by atoms with Crippen LogP contribution in [-0.4, -0.2) is 44.4 Å². The number of piperidine rings is 1. The van der Waals surface area contributed by atoms with E-state index >= 15 is 0 Å². The van der Waals surface area contributed by atoms with Gasteiger partial charge >= 0.3 is 0 Å². The molecule has 2 N–H and O–H groups in total. The van der Waals surface area contributed by atoms with Gasteiger partial charge in [0, 0.05) is 36.8 Å². The Morgan fingerprint density at radius 2 is 1.85 bits per heavy atom. The van der Waals surface area contributed by atoms with E-state index in [9.17, 15) is 9.59 Å². The van der Waals surface area contributed by atoms with Gasteiger partial charge in [0.25, 0.3) is 5.91 Å². The molecule has 1 aromatic carbocycles. The molecule has 138 valence electrons. The zero-order valence-electron chi connectivity index (χ0n) is 15.1. The summed E-state index contributed by atoms with van der Waals surface area (Å²) >= 11 is 0. The lowest BCUT2D eigenvalue weighted by molar-refractivity contribution is -0.123. The van der Waals surface area contributed by atoms with Crippen LogP contribution in [0.4, 0.5) is 0 Å². The number of aromatic nitrogens is 3. The van der Waals surface area contributed by atoms with E-state index in [4.69, 9.17) is 5.73 Å². The molecule has 7 nitrogen and oxygen atoms in total. The highest BCUT2D eigenvalue weighted by atomic mass is 16.2. The number of benzene rings is 1. The van der Waals surface area contributed by atoms with Gasteiger partial charge < -0.3 is 10.6 Å². The van der Waals surface area contributed by atoms with Gasteiger partial charge in [0.1, 0.15) is 0 Å². The second-order valence-electron chi connectivity index (χ2n) is 6.89. The third kappa shape index (κ3) is 3.16. The van der Waals surface area contributed by atoms with Crippen molar-refractivity contribution in [1.82, 2.24) is 19.5 Å². The van der Waals surface area contributed by atoms with Crippen molar-refractivity contribution in [3.05, 3.63) is 53.9 Å². The maximum atomic E-state index is 12.9. The van der Waals surface area contributed by atoms with Gasteiger partial charge in [-0.2, -0.15) is 5.10 Å². The monoisotopic (exact) mass is 363 g/mol.